The first-order valence-corrected chi connectivity index (χ1v) is 8.37. The summed E-state index contributed by atoms with van der Waals surface area (Å²) in [6.45, 7) is 1.39. The number of nitrogens with zero attached hydrogens (tertiary/aromatic N) is 1. The minimum atomic E-state index is -0.182. The molecule has 0 bridgehead atoms. The minimum absolute atomic E-state index is 0. The summed E-state index contributed by atoms with van der Waals surface area (Å²) in [7, 11) is 3.11. The molecule has 1 aromatic carbocycles. The molecule has 1 aliphatic carbocycles. The SMILES string of the molecule is CN=C(NCCCCC(=O)OC)NCC1(c2ccccc2F)CC1.I. The summed E-state index contributed by atoms with van der Waals surface area (Å²) in [4.78, 5) is 15.2. The third-order valence-corrected chi connectivity index (χ3v) is 4.44. The number of halogens is 2. The van der Waals surface area contributed by atoms with Gasteiger partial charge in [-0.25, -0.2) is 4.39 Å². The molecule has 0 radical (unpaired) electrons. The van der Waals surface area contributed by atoms with Crippen LogP contribution in [0.25, 0.3) is 0 Å². The lowest BCUT2D eigenvalue weighted by Crippen LogP contribution is -2.41. The number of methoxy groups -OCH3 is 1. The van der Waals surface area contributed by atoms with Crippen LogP contribution < -0.4 is 10.6 Å². The van der Waals surface area contributed by atoms with Crippen LogP contribution in [0.15, 0.2) is 29.3 Å². The zero-order valence-electron chi connectivity index (χ0n) is 14.8. The Balaban J connectivity index is 0.00000312. The van der Waals surface area contributed by atoms with E-state index in [1.165, 1.54) is 13.2 Å². The molecule has 140 valence electrons. The van der Waals surface area contributed by atoms with Crippen LogP contribution in [0.1, 0.15) is 37.7 Å². The van der Waals surface area contributed by atoms with Crippen molar-refractivity contribution in [3.63, 3.8) is 0 Å². The van der Waals surface area contributed by atoms with Gasteiger partial charge >= 0.3 is 5.97 Å². The lowest BCUT2D eigenvalue weighted by atomic mass is 9.95. The predicted octanol–water partition coefficient (Wildman–Crippen LogP) is 2.98. The summed E-state index contributed by atoms with van der Waals surface area (Å²) >= 11 is 0. The van der Waals surface area contributed by atoms with Gasteiger partial charge in [-0.1, -0.05) is 18.2 Å². The van der Waals surface area contributed by atoms with E-state index in [4.69, 9.17) is 0 Å². The molecule has 25 heavy (non-hydrogen) atoms. The predicted molar refractivity (Wildman–Crippen MR) is 108 cm³/mol. The Kier molecular flexibility index (Phi) is 9.16. The van der Waals surface area contributed by atoms with E-state index < -0.39 is 0 Å². The number of rotatable bonds is 8. The Hall–Kier alpha value is -1.38. The van der Waals surface area contributed by atoms with Crippen LogP contribution in [-0.4, -0.2) is 39.2 Å². The molecule has 1 aromatic rings. The number of carbonyl (C=O) groups excluding carboxylic acids is 1. The summed E-state index contributed by atoms with van der Waals surface area (Å²) in [5.74, 6) is 0.385. The fourth-order valence-corrected chi connectivity index (χ4v) is 2.76. The van der Waals surface area contributed by atoms with Crippen LogP contribution in [0.4, 0.5) is 4.39 Å². The molecule has 1 saturated carbocycles. The number of ether oxygens (including phenoxy) is 1. The van der Waals surface area contributed by atoms with Crippen LogP contribution in [0.2, 0.25) is 0 Å². The second-order valence-corrected chi connectivity index (χ2v) is 6.15. The van der Waals surface area contributed by atoms with Crippen molar-refractivity contribution in [3.8, 4) is 0 Å². The van der Waals surface area contributed by atoms with Gasteiger partial charge in [0, 0.05) is 32.0 Å². The monoisotopic (exact) mass is 463 g/mol. The Bertz CT molecular complexity index is 591. The first kappa shape index (κ1) is 21.7. The lowest BCUT2D eigenvalue weighted by molar-refractivity contribution is -0.140. The molecule has 0 unspecified atom stereocenters. The van der Waals surface area contributed by atoms with E-state index in [0.717, 1.165) is 37.8 Å². The maximum absolute atomic E-state index is 14.0. The third-order valence-electron chi connectivity index (χ3n) is 4.44. The molecule has 7 heteroatoms. The molecule has 1 fully saturated rings. The van der Waals surface area contributed by atoms with E-state index in [9.17, 15) is 9.18 Å². The van der Waals surface area contributed by atoms with Crippen LogP contribution in [0.5, 0.6) is 0 Å². The Morgan fingerprint density at radius 1 is 1.28 bits per heavy atom. The average molecular weight is 463 g/mol. The standard InChI is InChI=1S/C18H26FN3O2.HI/c1-20-17(21-12-6-5-9-16(23)24-2)22-13-18(10-11-18)14-7-3-4-8-15(14)19;/h3-4,7-8H,5-6,9-13H2,1-2H3,(H2,20,21,22);1H. The van der Waals surface area contributed by atoms with Gasteiger partial charge in [0.15, 0.2) is 5.96 Å². The highest BCUT2D eigenvalue weighted by atomic mass is 127. The second kappa shape index (κ2) is 10.6. The smallest absolute Gasteiger partial charge is 0.305 e. The maximum Gasteiger partial charge on any atom is 0.305 e. The zero-order valence-corrected chi connectivity index (χ0v) is 17.1. The van der Waals surface area contributed by atoms with Crippen LogP contribution >= 0.6 is 24.0 Å². The Labute approximate surface area is 165 Å². The summed E-state index contributed by atoms with van der Waals surface area (Å²) in [6.07, 6.45) is 4.03. The molecule has 0 aliphatic heterocycles. The summed E-state index contributed by atoms with van der Waals surface area (Å²) in [5, 5.41) is 6.51. The Morgan fingerprint density at radius 3 is 2.60 bits per heavy atom. The minimum Gasteiger partial charge on any atom is -0.469 e. The number of unbranched alkanes of at least 4 members (excludes halogenated alkanes) is 1. The molecule has 0 aromatic heterocycles. The Morgan fingerprint density at radius 2 is 2.00 bits per heavy atom. The summed E-state index contributed by atoms with van der Waals surface area (Å²) in [5.41, 5.74) is 0.666. The quantitative estimate of drug-likeness (QED) is 0.205. The normalized spacial score (nSPS) is 15.1. The van der Waals surface area contributed by atoms with Gasteiger partial charge in [0.2, 0.25) is 0 Å². The molecular formula is C18H27FIN3O2. The number of nitrogens with one attached hydrogen (secondary N) is 2. The van der Waals surface area contributed by atoms with E-state index in [2.05, 4.69) is 20.4 Å². The van der Waals surface area contributed by atoms with E-state index in [-0.39, 0.29) is 41.2 Å². The molecule has 0 saturated heterocycles. The van der Waals surface area contributed by atoms with Crippen LogP contribution in [0, 0.1) is 5.82 Å². The van der Waals surface area contributed by atoms with E-state index in [1.54, 1.807) is 13.1 Å². The highest BCUT2D eigenvalue weighted by molar-refractivity contribution is 14.0. The van der Waals surface area contributed by atoms with Gasteiger partial charge in [0.25, 0.3) is 0 Å². The molecule has 2 N–H and O–H groups in total. The third kappa shape index (κ3) is 6.45. The lowest BCUT2D eigenvalue weighted by Gasteiger charge is -2.19. The maximum atomic E-state index is 14.0. The molecule has 5 nitrogen and oxygen atoms in total. The highest BCUT2D eigenvalue weighted by Gasteiger charge is 2.45. The second-order valence-electron chi connectivity index (χ2n) is 6.15. The highest BCUT2D eigenvalue weighted by Crippen LogP contribution is 2.48. The first-order chi connectivity index (χ1) is 11.6. The van der Waals surface area contributed by atoms with Crippen molar-refractivity contribution in [1.29, 1.82) is 0 Å². The molecule has 0 amide bonds. The van der Waals surface area contributed by atoms with Crippen molar-refractivity contribution in [2.24, 2.45) is 4.99 Å². The molecule has 2 rings (SSSR count). The fraction of sp³-hybridized carbons (Fsp3) is 0.556. The van der Waals surface area contributed by atoms with Gasteiger partial charge < -0.3 is 15.4 Å². The number of carbonyl (C=O) groups is 1. The van der Waals surface area contributed by atoms with E-state index >= 15 is 0 Å². The number of hydrogen-bond acceptors (Lipinski definition) is 3. The zero-order chi connectivity index (χ0) is 17.4. The number of esters is 1. The molecule has 0 heterocycles. The van der Waals surface area contributed by atoms with E-state index in [1.807, 2.05) is 12.1 Å². The van der Waals surface area contributed by atoms with Crippen molar-refractivity contribution >= 4 is 35.9 Å². The fourth-order valence-electron chi connectivity index (χ4n) is 2.76. The summed E-state index contributed by atoms with van der Waals surface area (Å²) < 4.78 is 18.6. The van der Waals surface area contributed by atoms with Crippen molar-refractivity contribution in [2.45, 2.75) is 37.5 Å². The summed E-state index contributed by atoms with van der Waals surface area (Å²) in [6, 6.07) is 6.99. The van der Waals surface area contributed by atoms with Gasteiger partial charge in [-0.05, 0) is 37.3 Å². The average Bonchev–Trinajstić information content (AvgIpc) is 3.38. The van der Waals surface area contributed by atoms with Crippen molar-refractivity contribution < 1.29 is 13.9 Å². The molecular weight excluding hydrogens is 436 g/mol. The van der Waals surface area contributed by atoms with Gasteiger partial charge in [0.1, 0.15) is 5.82 Å². The number of aliphatic imine (C=N–C) groups is 1. The topological polar surface area (TPSA) is 62.7 Å². The van der Waals surface area contributed by atoms with Crippen LogP contribution in [-0.2, 0) is 14.9 Å². The van der Waals surface area contributed by atoms with Gasteiger partial charge in [-0.15, -0.1) is 24.0 Å². The number of hydrogen-bond donors (Lipinski definition) is 2. The van der Waals surface area contributed by atoms with Crippen LogP contribution in [0.3, 0.4) is 0 Å². The van der Waals surface area contributed by atoms with Crippen molar-refractivity contribution in [1.82, 2.24) is 10.6 Å². The van der Waals surface area contributed by atoms with Gasteiger partial charge in [0.05, 0.1) is 7.11 Å². The number of benzene rings is 1. The largest absolute Gasteiger partial charge is 0.469 e. The first-order valence-electron chi connectivity index (χ1n) is 8.37. The van der Waals surface area contributed by atoms with Crippen molar-refractivity contribution in [2.75, 3.05) is 27.2 Å². The molecule has 0 atom stereocenters. The number of guanidine groups is 1. The molecule has 1 aliphatic rings. The van der Waals surface area contributed by atoms with Gasteiger partial charge in [-0.2, -0.15) is 0 Å². The van der Waals surface area contributed by atoms with Gasteiger partial charge in [-0.3, -0.25) is 9.79 Å². The molecule has 0 spiro atoms. The van der Waals surface area contributed by atoms with Crippen molar-refractivity contribution in [3.05, 3.63) is 35.6 Å². The van der Waals surface area contributed by atoms with E-state index in [0.29, 0.717) is 18.9 Å².